The number of aromatic nitrogens is 4. The monoisotopic (exact) mass is 249 g/mol. The van der Waals surface area contributed by atoms with Crippen molar-refractivity contribution in [1.82, 2.24) is 19.9 Å². The summed E-state index contributed by atoms with van der Waals surface area (Å²) in [7, 11) is 0. The molecule has 0 aliphatic carbocycles. The Balaban J connectivity index is 2.29. The van der Waals surface area contributed by atoms with Gasteiger partial charge < -0.3 is 10.3 Å². The van der Waals surface area contributed by atoms with Crippen LogP contribution >= 0.6 is 0 Å². The van der Waals surface area contributed by atoms with E-state index in [1.807, 2.05) is 4.98 Å². The van der Waals surface area contributed by atoms with Gasteiger partial charge in [-0.1, -0.05) is 0 Å². The van der Waals surface area contributed by atoms with E-state index in [1.54, 1.807) is 0 Å². The molecule has 0 saturated heterocycles. The lowest BCUT2D eigenvalue weighted by atomic mass is 10.4. The summed E-state index contributed by atoms with van der Waals surface area (Å²) in [6.07, 6.45) is 1.07. The van der Waals surface area contributed by atoms with Crippen molar-refractivity contribution in [1.29, 1.82) is 0 Å². The topological polar surface area (TPSA) is 141 Å². The SMILES string of the molecule is O=C(Nc1cc(=O)[nH]c(=O)[nH]1)c1cc(=O)[nH]cn1. The third kappa shape index (κ3) is 2.58. The molecule has 0 aliphatic heterocycles. The number of carbonyl (C=O) groups is 1. The Hall–Kier alpha value is -2.97. The van der Waals surface area contributed by atoms with Gasteiger partial charge in [-0.2, -0.15) is 0 Å². The molecular weight excluding hydrogens is 242 g/mol. The van der Waals surface area contributed by atoms with Gasteiger partial charge in [-0.05, 0) is 0 Å². The Labute approximate surface area is 97.9 Å². The van der Waals surface area contributed by atoms with E-state index in [-0.39, 0.29) is 11.5 Å². The predicted octanol–water partition coefficient (Wildman–Crippen LogP) is -1.60. The van der Waals surface area contributed by atoms with Gasteiger partial charge in [-0.15, -0.1) is 0 Å². The summed E-state index contributed by atoms with van der Waals surface area (Å²) in [5.41, 5.74) is -2.04. The number of aromatic amines is 3. The summed E-state index contributed by atoms with van der Waals surface area (Å²) in [5, 5.41) is 2.24. The van der Waals surface area contributed by atoms with Gasteiger partial charge in [0.05, 0.1) is 6.33 Å². The summed E-state index contributed by atoms with van der Waals surface area (Å²) in [5.74, 6) is -0.807. The van der Waals surface area contributed by atoms with E-state index in [0.29, 0.717) is 0 Å². The normalized spacial score (nSPS) is 10.0. The van der Waals surface area contributed by atoms with Crippen LogP contribution in [0.4, 0.5) is 5.82 Å². The van der Waals surface area contributed by atoms with Crippen LogP contribution in [0.5, 0.6) is 0 Å². The molecule has 18 heavy (non-hydrogen) atoms. The Morgan fingerprint density at radius 3 is 2.56 bits per heavy atom. The van der Waals surface area contributed by atoms with Crippen molar-refractivity contribution in [2.24, 2.45) is 0 Å². The molecule has 0 fully saturated rings. The van der Waals surface area contributed by atoms with Crippen LogP contribution in [0, 0.1) is 0 Å². The smallest absolute Gasteiger partial charge is 0.313 e. The molecule has 4 N–H and O–H groups in total. The molecule has 1 amide bonds. The highest BCUT2D eigenvalue weighted by Gasteiger charge is 2.08. The third-order valence-electron chi connectivity index (χ3n) is 1.92. The molecule has 0 saturated carbocycles. The van der Waals surface area contributed by atoms with Crippen LogP contribution in [0.1, 0.15) is 10.5 Å². The molecule has 2 aromatic heterocycles. The maximum atomic E-state index is 11.6. The molecule has 9 heteroatoms. The molecule has 0 unspecified atom stereocenters. The lowest BCUT2D eigenvalue weighted by Gasteiger charge is -2.02. The fourth-order valence-electron chi connectivity index (χ4n) is 1.22. The Bertz CT molecular complexity index is 728. The molecule has 2 aromatic rings. The summed E-state index contributed by atoms with van der Waals surface area (Å²) < 4.78 is 0. The largest absolute Gasteiger partial charge is 0.327 e. The molecule has 2 rings (SSSR count). The van der Waals surface area contributed by atoms with Crippen LogP contribution in [0.2, 0.25) is 0 Å². The number of amides is 1. The van der Waals surface area contributed by atoms with Gasteiger partial charge in [0.1, 0.15) is 11.5 Å². The van der Waals surface area contributed by atoms with Crippen LogP contribution in [0.15, 0.2) is 32.8 Å². The molecule has 0 spiro atoms. The number of hydrogen-bond donors (Lipinski definition) is 4. The van der Waals surface area contributed by atoms with Crippen LogP contribution in [-0.2, 0) is 0 Å². The standard InChI is InChI=1S/C9H7N5O4/c15-6-1-4(10-3-11-6)8(17)12-5-2-7(16)14-9(18)13-5/h1-3H,(H,10,11,15)(H3,12,13,14,16,17,18). The number of rotatable bonds is 2. The minimum absolute atomic E-state index is 0.0872. The highest BCUT2D eigenvalue weighted by Crippen LogP contribution is 1.97. The number of anilines is 1. The van der Waals surface area contributed by atoms with E-state index in [4.69, 9.17) is 0 Å². The van der Waals surface area contributed by atoms with Crippen LogP contribution in [-0.4, -0.2) is 25.8 Å². The Morgan fingerprint density at radius 1 is 1.11 bits per heavy atom. The average molecular weight is 249 g/mol. The summed E-state index contributed by atoms with van der Waals surface area (Å²) in [4.78, 5) is 54.6. The zero-order chi connectivity index (χ0) is 13.1. The number of hydrogen-bond acceptors (Lipinski definition) is 5. The summed E-state index contributed by atoms with van der Waals surface area (Å²) in [6, 6.07) is 1.98. The van der Waals surface area contributed by atoms with Gasteiger partial charge in [0.2, 0.25) is 0 Å². The minimum Gasteiger partial charge on any atom is -0.313 e. The quantitative estimate of drug-likeness (QED) is 0.507. The average Bonchev–Trinajstić information content (AvgIpc) is 2.27. The first-order chi connectivity index (χ1) is 8.54. The van der Waals surface area contributed by atoms with E-state index in [0.717, 1.165) is 18.5 Å². The highest BCUT2D eigenvalue weighted by atomic mass is 16.2. The Kier molecular flexibility index (Phi) is 2.87. The molecule has 0 aromatic carbocycles. The van der Waals surface area contributed by atoms with E-state index in [9.17, 15) is 19.2 Å². The number of nitrogens with one attached hydrogen (secondary N) is 4. The second kappa shape index (κ2) is 4.49. The molecular formula is C9H7N5O4. The van der Waals surface area contributed by atoms with Gasteiger partial charge in [-0.3, -0.25) is 24.4 Å². The van der Waals surface area contributed by atoms with Crippen molar-refractivity contribution in [3.63, 3.8) is 0 Å². The van der Waals surface area contributed by atoms with Gasteiger partial charge >= 0.3 is 5.69 Å². The van der Waals surface area contributed by atoms with Crippen molar-refractivity contribution in [3.05, 3.63) is 55.3 Å². The molecule has 0 atom stereocenters. The van der Waals surface area contributed by atoms with E-state index in [1.165, 1.54) is 0 Å². The lowest BCUT2D eigenvalue weighted by molar-refractivity contribution is 0.102. The summed E-state index contributed by atoms with van der Waals surface area (Å²) >= 11 is 0. The fourth-order valence-corrected chi connectivity index (χ4v) is 1.22. The van der Waals surface area contributed by atoms with E-state index in [2.05, 4.69) is 20.3 Å². The second-order valence-electron chi connectivity index (χ2n) is 3.25. The first kappa shape index (κ1) is 11.5. The first-order valence-corrected chi connectivity index (χ1v) is 4.74. The highest BCUT2D eigenvalue weighted by molar-refractivity contribution is 6.02. The second-order valence-corrected chi connectivity index (χ2v) is 3.25. The fraction of sp³-hybridized carbons (Fsp3) is 0. The maximum absolute atomic E-state index is 11.6. The third-order valence-corrected chi connectivity index (χ3v) is 1.92. The lowest BCUT2D eigenvalue weighted by Crippen LogP contribution is -2.25. The summed E-state index contributed by atoms with van der Waals surface area (Å²) in [6.45, 7) is 0. The number of carbonyl (C=O) groups excluding carboxylic acids is 1. The van der Waals surface area contributed by atoms with Crippen molar-refractivity contribution in [2.75, 3.05) is 5.32 Å². The molecule has 9 nitrogen and oxygen atoms in total. The van der Waals surface area contributed by atoms with Gasteiger partial charge in [0, 0.05) is 12.1 Å². The van der Waals surface area contributed by atoms with Crippen LogP contribution < -0.4 is 22.1 Å². The van der Waals surface area contributed by atoms with Crippen molar-refractivity contribution >= 4 is 11.7 Å². The number of nitrogens with zero attached hydrogens (tertiary/aromatic N) is 1. The Morgan fingerprint density at radius 2 is 1.89 bits per heavy atom. The number of H-pyrrole nitrogens is 3. The van der Waals surface area contributed by atoms with Gasteiger partial charge in [-0.25, -0.2) is 9.78 Å². The van der Waals surface area contributed by atoms with E-state index < -0.39 is 22.7 Å². The zero-order valence-electron chi connectivity index (χ0n) is 8.81. The molecule has 0 bridgehead atoms. The molecule has 92 valence electrons. The van der Waals surface area contributed by atoms with Gasteiger partial charge in [0.15, 0.2) is 0 Å². The van der Waals surface area contributed by atoms with Crippen molar-refractivity contribution < 1.29 is 4.79 Å². The molecule has 0 radical (unpaired) electrons. The zero-order valence-corrected chi connectivity index (χ0v) is 8.81. The van der Waals surface area contributed by atoms with Crippen LogP contribution in [0.3, 0.4) is 0 Å². The van der Waals surface area contributed by atoms with E-state index >= 15 is 0 Å². The van der Waals surface area contributed by atoms with Gasteiger partial charge in [0.25, 0.3) is 17.0 Å². The first-order valence-electron chi connectivity index (χ1n) is 4.74. The minimum atomic E-state index is -0.753. The van der Waals surface area contributed by atoms with Crippen LogP contribution in [0.25, 0.3) is 0 Å². The van der Waals surface area contributed by atoms with Crippen molar-refractivity contribution in [2.45, 2.75) is 0 Å². The molecule has 2 heterocycles. The molecule has 0 aliphatic rings. The van der Waals surface area contributed by atoms with Crippen molar-refractivity contribution in [3.8, 4) is 0 Å². The predicted molar refractivity (Wildman–Crippen MR) is 60.5 cm³/mol. The maximum Gasteiger partial charge on any atom is 0.327 e.